The smallest absolute Gasteiger partial charge is 0.114 e. The zero-order valence-corrected chi connectivity index (χ0v) is 20.5. The molecule has 4 aromatic carbocycles. The molecule has 0 radical (unpaired) electrons. The Morgan fingerprint density at radius 1 is 0.594 bits per heavy atom. The molecule has 0 amide bonds. The van der Waals surface area contributed by atoms with Crippen molar-refractivity contribution in [1.29, 1.82) is 0 Å². The summed E-state index contributed by atoms with van der Waals surface area (Å²) in [4.78, 5) is 0. The maximum atomic E-state index is 2.49. The first kappa shape index (κ1) is 22.8. The molecule has 0 aliphatic carbocycles. The van der Waals surface area contributed by atoms with Crippen molar-refractivity contribution in [3.63, 3.8) is 0 Å². The molecule has 4 aromatic rings. The van der Waals surface area contributed by atoms with E-state index < -0.39 is 7.26 Å². The molecule has 0 aliphatic heterocycles. The van der Waals surface area contributed by atoms with Crippen molar-refractivity contribution >= 4 is 34.9 Å². The van der Waals surface area contributed by atoms with Gasteiger partial charge in [-0.3, -0.25) is 0 Å². The van der Waals surface area contributed by atoms with Gasteiger partial charge in [0.15, 0.2) is 0 Å². The third-order valence-electron chi connectivity index (χ3n) is 6.17. The monoisotopic (exact) mass is 455 g/mol. The second-order valence-electron chi connectivity index (χ2n) is 8.26. The van der Waals surface area contributed by atoms with Crippen molar-refractivity contribution in [3.8, 4) is 0 Å². The Hall–Kier alpha value is -2.34. The fourth-order valence-corrected chi connectivity index (χ4v) is 10.5. The quantitative estimate of drug-likeness (QED) is 0.182. The Labute approximate surface area is 198 Å². The summed E-state index contributed by atoms with van der Waals surface area (Å²) in [5.74, 6) is 2.31. The van der Waals surface area contributed by atoms with Crippen LogP contribution in [-0.2, 0) is 5.75 Å². The average molecular weight is 456 g/mol. The van der Waals surface area contributed by atoms with Crippen LogP contribution in [0.4, 0.5) is 0 Å². The molecule has 0 heterocycles. The molecule has 0 saturated heterocycles. The fraction of sp³-hybridized carbons (Fsp3) is 0.200. The van der Waals surface area contributed by atoms with Gasteiger partial charge in [-0.25, -0.2) is 0 Å². The van der Waals surface area contributed by atoms with Gasteiger partial charge in [0.1, 0.15) is 23.2 Å². The van der Waals surface area contributed by atoms with E-state index in [4.69, 9.17) is 0 Å². The molecular formula is C30H32PS+. The van der Waals surface area contributed by atoms with Gasteiger partial charge in [-0.05, 0) is 67.5 Å². The lowest BCUT2D eigenvalue weighted by molar-refractivity contribution is 0.786. The SMILES string of the molecule is CC(CCCSCc1ccccc1)[P+](c1ccccc1)(c1ccccc1)c1ccccc1. The maximum absolute atomic E-state index is 2.49. The summed E-state index contributed by atoms with van der Waals surface area (Å²) in [6.45, 7) is 2.49. The maximum Gasteiger partial charge on any atom is 0.114 e. The van der Waals surface area contributed by atoms with E-state index in [0.717, 1.165) is 5.75 Å². The predicted octanol–water partition coefficient (Wildman–Crippen LogP) is 7.08. The van der Waals surface area contributed by atoms with Gasteiger partial charge in [0.2, 0.25) is 0 Å². The van der Waals surface area contributed by atoms with Crippen molar-refractivity contribution < 1.29 is 0 Å². The second kappa shape index (κ2) is 11.5. The third kappa shape index (κ3) is 5.17. The molecule has 0 N–H and O–H groups in total. The molecule has 0 nitrogen and oxygen atoms in total. The van der Waals surface area contributed by atoms with E-state index in [1.54, 1.807) is 0 Å². The van der Waals surface area contributed by atoms with Crippen molar-refractivity contribution in [1.82, 2.24) is 0 Å². The Morgan fingerprint density at radius 2 is 1.00 bits per heavy atom. The normalized spacial score (nSPS) is 12.4. The second-order valence-corrected chi connectivity index (χ2v) is 13.2. The van der Waals surface area contributed by atoms with Gasteiger partial charge in [-0.2, -0.15) is 11.8 Å². The van der Waals surface area contributed by atoms with Crippen molar-refractivity contribution in [2.24, 2.45) is 0 Å². The molecule has 0 aromatic heterocycles. The minimum absolute atomic E-state index is 0.576. The molecule has 32 heavy (non-hydrogen) atoms. The van der Waals surface area contributed by atoms with Gasteiger partial charge in [0.05, 0.1) is 5.66 Å². The van der Waals surface area contributed by atoms with Gasteiger partial charge in [-0.1, -0.05) is 84.9 Å². The molecule has 4 rings (SSSR count). The first-order valence-electron chi connectivity index (χ1n) is 11.5. The van der Waals surface area contributed by atoms with Gasteiger partial charge in [0, 0.05) is 5.75 Å². The van der Waals surface area contributed by atoms with Crippen LogP contribution in [0.2, 0.25) is 0 Å². The fourth-order valence-electron chi connectivity index (χ4n) is 4.64. The zero-order chi connectivity index (χ0) is 22.1. The Balaban J connectivity index is 1.60. The van der Waals surface area contributed by atoms with Crippen LogP contribution < -0.4 is 15.9 Å². The van der Waals surface area contributed by atoms with Crippen molar-refractivity contribution in [3.05, 3.63) is 127 Å². The Morgan fingerprint density at radius 3 is 1.44 bits per heavy atom. The van der Waals surface area contributed by atoms with Gasteiger partial charge in [-0.15, -0.1) is 0 Å². The number of rotatable bonds is 10. The number of hydrogen-bond acceptors (Lipinski definition) is 1. The van der Waals surface area contributed by atoms with Crippen LogP contribution >= 0.6 is 19.0 Å². The summed E-state index contributed by atoms with van der Waals surface area (Å²) in [6.07, 6.45) is 2.47. The topological polar surface area (TPSA) is 0 Å². The molecule has 0 aliphatic rings. The van der Waals surface area contributed by atoms with Crippen LogP contribution in [0.5, 0.6) is 0 Å². The van der Waals surface area contributed by atoms with Crippen LogP contribution in [0.1, 0.15) is 25.3 Å². The van der Waals surface area contributed by atoms with E-state index in [0.29, 0.717) is 5.66 Å². The number of thioether (sulfide) groups is 1. The highest BCUT2D eigenvalue weighted by atomic mass is 32.2. The number of benzene rings is 4. The van der Waals surface area contributed by atoms with E-state index in [1.165, 1.54) is 40.1 Å². The molecule has 1 unspecified atom stereocenters. The van der Waals surface area contributed by atoms with Gasteiger partial charge < -0.3 is 0 Å². The summed E-state index contributed by atoms with van der Waals surface area (Å²) in [7, 11) is -1.76. The van der Waals surface area contributed by atoms with Crippen LogP contribution in [0, 0.1) is 0 Å². The first-order valence-corrected chi connectivity index (χ1v) is 14.5. The van der Waals surface area contributed by atoms with Crippen LogP contribution in [0.25, 0.3) is 0 Å². The molecule has 0 saturated carbocycles. The van der Waals surface area contributed by atoms with Gasteiger partial charge >= 0.3 is 0 Å². The van der Waals surface area contributed by atoms with E-state index >= 15 is 0 Å². The van der Waals surface area contributed by atoms with Crippen LogP contribution in [0.15, 0.2) is 121 Å². The lowest BCUT2D eigenvalue weighted by atomic mass is 10.2. The standard InChI is InChI=1S/C30H32PS/c1-26(15-14-24-32-25-27-16-6-2-7-17-27)31(28-18-8-3-9-19-28,29-20-10-4-11-21-29)30-22-12-5-13-23-30/h2-13,16-23,26H,14-15,24-25H2,1H3/q+1. The highest BCUT2D eigenvalue weighted by Crippen LogP contribution is 2.60. The summed E-state index contributed by atoms with van der Waals surface area (Å²) in [5, 5.41) is 4.46. The van der Waals surface area contributed by atoms with Gasteiger partial charge in [0.25, 0.3) is 0 Å². The lowest BCUT2D eigenvalue weighted by Crippen LogP contribution is -2.37. The third-order valence-corrected chi connectivity index (χ3v) is 12.2. The summed E-state index contributed by atoms with van der Waals surface area (Å²) in [6, 6.07) is 44.6. The Kier molecular flexibility index (Phi) is 8.21. The van der Waals surface area contributed by atoms with Crippen molar-refractivity contribution in [2.45, 2.75) is 31.2 Å². The highest BCUT2D eigenvalue weighted by molar-refractivity contribution is 7.98. The lowest BCUT2D eigenvalue weighted by Gasteiger charge is -2.33. The van der Waals surface area contributed by atoms with E-state index in [2.05, 4.69) is 140 Å². The minimum Gasteiger partial charge on any atom is -0.157 e. The molecule has 2 heteroatoms. The molecule has 0 fully saturated rings. The largest absolute Gasteiger partial charge is 0.157 e. The molecular weight excluding hydrogens is 423 g/mol. The van der Waals surface area contributed by atoms with E-state index in [1.807, 2.05) is 0 Å². The zero-order valence-electron chi connectivity index (χ0n) is 18.8. The summed E-state index contributed by atoms with van der Waals surface area (Å²) < 4.78 is 0. The molecule has 0 spiro atoms. The summed E-state index contributed by atoms with van der Waals surface area (Å²) in [5.41, 5.74) is 2.00. The minimum atomic E-state index is -1.76. The first-order chi connectivity index (χ1) is 15.8. The van der Waals surface area contributed by atoms with Crippen molar-refractivity contribution in [2.75, 3.05) is 5.75 Å². The average Bonchev–Trinajstić information content (AvgIpc) is 2.87. The predicted molar refractivity (Wildman–Crippen MR) is 146 cm³/mol. The van der Waals surface area contributed by atoms with E-state index in [9.17, 15) is 0 Å². The number of hydrogen-bond donors (Lipinski definition) is 0. The van der Waals surface area contributed by atoms with Crippen LogP contribution in [-0.4, -0.2) is 11.4 Å². The Bertz CT molecular complexity index is 952. The molecule has 162 valence electrons. The molecule has 0 bridgehead atoms. The van der Waals surface area contributed by atoms with E-state index in [-0.39, 0.29) is 0 Å². The highest BCUT2D eigenvalue weighted by Gasteiger charge is 2.49. The molecule has 1 atom stereocenters. The van der Waals surface area contributed by atoms with Crippen LogP contribution in [0.3, 0.4) is 0 Å². The summed E-state index contributed by atoms with van der Waals surface area (Å²) >= 11 is 2.06.